The van der Waals surface area contributed by atoms with Crippen LogP contribution in [0, 0.1) is 0 Å². The highest BCUT2D eigenvalue weighted by atomic mass is 14.0. The largest absolute Gasteiger partial charge is 0.0885 e. The first kappa shape index (κ1) is 12.9. The van der Waals surface area contributed by atoms with Crippen LogP contribution in [-0.4, -0.2) is 0 Å². The average Bonchev–Trinajstić information content (AvgIpc) is 2.55. The van der Waals surface area contributed by atoms with Crippen molar-refractivity contribution in [3.63, 3.8) is 0 Å². The van der Waals surface area contributed by atoms with Gasteiger partial charge in [-0.2, -0.15) is 0 Å². The molecule has 0 heteroatoms. The van der Waals surface area contributed by atoms with Crippen molar-refractivity contribution in [3.05, 3.63) is 72.8 Å². The van der Waals surface area contributed by atoms with Crippen LogP contribution in [0.1, 0.15) is 25.7 Å². The van der Waals surface area contributed by atoms with Crippen LogP contribution < -0.4 is 0 Å². The molecular weight excluding hydrogens is 240 g/mol. The first-order chi connectivity index (χ1) is 9.93. The molecule has 0 saturated heterocycles. The van der Waals surface area contributed by atoms with Crippen molar-refractivity contribution < 1.29 is 0 Å². The van der Waals surface area contributed by atoms with E-state index in [2.05, 4.69) is 72.8 Å². The summed E-state index contributed by atoms with van der Waals surface area (Å²) in [4.78, 5) is 0. The first-order valence-electron chi connectivity index (χ1n) is 7.46. The number of hydrogen-bond acceptors (Lipinski definition) is 0. The first-order valence-corrected chi connectivity index (χ1v) is 7.46. The standard InChI is InChI=1S/C14H10.C6H10/c1-2-6-12-10-14-8-4-3-7-13(14)9-11(12)5-1;1-2-4-6-5-3-1/h1-10H;1-2H,3-6H2. The van der Waals surface area contributed by atoms with Gasteiger partial charge in [-0.1, -0.05) is 60.7 Å². The number of fused-ring (bicyclic) bond motifs is 2. The lowest BCUT2D eigenvalue weighted by Gasteiger charge is -2.00. The zero-order chi connectivity index (χ0) is 13.6. The molecule has 0 spiro atoms. The van der Waals surface area contributed by atoms with Crippen LogP contribution in [-0.2, 0) is 0 Å². The second kappa shape index (κ2) is 6.38. The molecular formula is C20H20. The molecule has 0 aliphatic heterocycles. The Balaban J connectivity index is 0.000000170. The monoisotopic (exact) mass is 260 g/mol. The Morgan fingerprint density at radius 2 is 0.850 bits per heavy atom. The molecule has 0 N–H and O–H groups in total. The zero-order valence-corrected chi connectivity index (χ0v) is 11.8. The third-order valence-electron chi connectivity index (χ3n) is 3.77. The maximum absolute atomic E-state index is 2.27. The van der Waals surface area contributed by atoms with Gasteiger partial charge in [0.05, 0.1) is 0 Å². The third kappa shape index (κ3) is 3.08. The number of allylic oxidation sites excluding steroid dienone is 2. The van der Waals surface area contributed by atoms with E-state index in [4.69, 9.17) is 0 Å². The molecule has 0 heterocycles. The normalized spacial score (nSPS) is 14.0. The van der Waals surface area contributed by atoms with Crippen molar-refractivity contribution in [1.29, 1.82) is 0 Å². The molecule has 3 aromatic carbocycles. The Kier molecular flexibility index (Phi) is 4.13. The molecule has 0 amide bonds. The summed E-state index contributed by atoms with van der Waals surface area (Å²) in [5, 5.41) is 5.25. The quantitative estimate of drug-likeness (QED) is 0.338. The number of hydrogen-bond donors (Lipinski definition) is 0. The molecule has 0 aromatic heterocycles. The number of benzene rings is 3. The van der Waals surface area contributed by atoms with Crippen molar-refractivity contribution in [3.8, 4) is 0 Å². The summed E-state index contributed by atoms with van der Waals surface area (Å²) >= 11 is 0. The van der Waals surface area contributed by atoms with E-state index in [-0.39, 0.29) is 0 Å². The fourth-order valence-corrected chi connectivity index (χ4v) is 2.64. The van der Waals surface area contributed by atoms with Crippen molar-refractivity contribution in [2.24, 2.45) is 0 Å². The van der Waals surface area contributed by atoms with E-state index in [0.717, 1.165) is 0 Å². The van der Waals surface area contributed by atoms with E-state index in [1.807, 2.05) is 0 Å². The van der Waals surface area contributed by atoms with Crippen LogP contribution in [0.5, 0.6) is 0 Å². The second-order valence-electron chi connectivity index (χ2n) is 5.30. The molecule has 1 aliphatic rings. The van der Waals surface area contributed by atoms with Gasteiger partial charge in [0, 0.05) is 0 Å². The maximum Gasteiger partial charge on any atom is -0.0178 e. The average molecular weight is 260 g/mol. The summed E-state index contributed by atoms with van der Waals surface area (Å²) in [5.41, 5.74) is 0. The molecule has 1 aliphatic carbocycles. The van der Waals surface area contributed by atoms with Crippen LogP contribution in [0.3, 0.4) is 0 Å². The molecule has 0 bridgehead atoms. The highest BCUT2D eigenvalue weighted by molar-refractivity contribution is 5.98. The van der Waals surface area contributed by atoms with Gasteiger partial charge >= 0.3 is 0 Å². The fraction of sp³-hybridized carbons (Fsp3) is 0.200. The lowest BCUT2D eigenvalue weighted by Crippen LogP contribution is -1.77. The van der Waals surface area contributed by atoms with Gasteiger partial charge in [-0.25, -0.2) is 0 Å². The van der Waals surface area contributed by atoms with Gasteiger partial charge in [0.25, 0.3) is 0 Å². The van der Waals surface area contributed by atoms with E-state index in [0.29, 0.717) is 0 Å². The summed E-state index contributed by atoms with van der Waals surface area (Å²) in [6, 6.07) is 21.4. The summed E-state index contributed by atoms with van der Waals surface area (Å²) in [7, 11) is 0. The van der Waals surface area contributed by atoms with Gasteiger partial charge in [-0.05, 0) is 59.4 Å². The number of rotatable bonds is 0. The smallest absolute Gasteiger partial charge is 0.0178 e. The third-order valence-corrected chi connectivity index (χ3v) is 3.77. The van der Waals surface area contributed by atoms with Gasteiger partial charge in [0.1, 0.15) is 0 Å². The minimum atomic E-state index is 1.31. The lowest BCUT2D eigenvalue weighted by molar-refractivity contribution is 0.730. The van der Waals surface area contributed by atoms with Crippen LogP contribution >= 0.6 is 0 Å². The highest BCUT2D eigenvalue weighted by Gasteiger charge is 1.95. The molecule has 0 fully saturated rings. The molecule has 4 rings (SSSR count). The van der Waals surface area contributed by atoms with Crippen molar-refractivity contribution in [2.45, 2.75) is 25.7 Å². The van der Waals surface area contributed by atoms with E-state index in [1.165, 1.54) is 47.2 Å². The Morgan fingerprint density at radius 1 is 0.500 bits per heavy atom. The summed E-state index contributed by atoms with van der Waals surface area (Å²) in [6.07, 6.45) is 10.0. The minimum absolute atomic E-state index is 1.31. The van der Waals surface area contributed by atoms with Gasteiger partial charge in [0.15, 0.2) is 0 Å². The summed E-state index contributed by atoms with van der Waals surface area (Å²) < 4.78 is 0. The van der Waals surface area contributed by atoms with Gasteiger partial charge in [-0.3, -0.25) is 0 Å². The topological polar surface area (TPSA) is 0 Å². The Hall–Kier alpha value is -2.08. The molecule has 0 saturated carbocycles. The van der Waals surface area contributed by atoms with E-state index in [1.54, 1.807) is 0 Å². The van der Waals surface area contributed by atoms with Gasteiger partial charge in [0.2, 0.25) is 0 Å². The molecule has 100 valence electrons. The summed E-state index contributed by atoms with van der Waals surface area (Å²) in [5.74, 6) is 0. The fourth-order valence-electron chi connectivity index (χ4n) is 2.64. The Bertz CT molecular complexity index is 609. The lowest BCUT2D eigenvalue weighted by atomic mass is 10.0. The van der Waals surface area contributed by atoms with Crippen LogP contribution in [0.25, 0.3) is 21.5 Å². The SMILES string of the molecule is C1=CCCCC1.c1ccc2cc3ccccc3cc2c1. The van der Waals surface area contributed by atoms with Crippen molar-refractivity contribution in [1.82, 2.24) is 0 Å². The van der Waals surface area contributed by atoms with Crippen molar-refractivity contribution >= 4 is 21.5 Å². The van der Waals surface area contributed by atoms with E-state index >= 15 is 0 Å². The maximum atomic E-state index is 2.27. The minimum Gasteiger partial charge on any atom is -0.0885 e. The molecule has 0 atom stereocenters. The second-order valence-corrected chi connectivity index (χ2v) is 5.30. The van der Waals surface area contributed by atoms with E-state index < -0.39 is 0 Å². The predicted octanol–water partition coefficient (Wildman–Crippen LogP) is 6.11. The molecule has 20 heavy (non-hydrogen) atoms. The zero-order valence-electron chi connectivity index (χ0n) is 11.8. The molecule has 0 radical (unpaired) electrons. The predicted molar refractivity (Wildman–Crippen MR) is 89.1 cm³/mol. The highest BCUT2D eigenvalue weighted by Crippen LogP contribution is 2.22. The van der Waals surface area contributed by atoms with Gasteiger partial charge < -0.3 is 0 Å². The van der Waals surface area contributed by atoms with Crippen LogP contribution in [0.2, 0.25) is 0 Å². The Labute approximate surface area is 120 Å². The molecule has 3 aromatic rings. The summed E-state index contributed by atoms with van der Waals surface area (Å²) in [6.45, 7) is 0. The van der Waals surface area contributed by atoms with Gasteiger partial charge in [-0.15, -0.1) is 0 Å². The van der Waals surface area contributed by atoms with Crippen LogP contribution in [0.4, 0.5) is 0 Å². The van der Waals surface area contributed by atoms with Crippen molar-refractivity contribution in [2.75, 3.05) is 0 Å². The van der Waals surface area contributed by atoms with E-state index in [9.17, 15) is 0 Å². The van der Waals surface area contributed by atoms with Crippen LogP contribution in [0.15, 0.2) is 72.8 Å². The molecule has 0 nitrogen and oxygen atoms in total. The molecule has 0 unspecified atom stereocenters. The Morgan fingerprint density at radius 3 is 1.10 bits per heavy atom.